The van der Waals surface area contributed by atoms with Gasteiger partial charge in [-0.3, -0.25) is 9.59 Å². The molecule has 0 aliphatic carbocycles. The molecule has 0 bridgehead atoms. The van der Waals surface area contributed by atoms with Crippen LogP contribution < -0.4 is 14.9 Å². The van der Waals surface area contributed by atoms with Crippen molar-refractivity contribution in [3.05, 3.63) is 59.7 Å². The molecule has 0 aromatic heterocycles. The zero-order chi connectivity index (χ0) is 24.2. The second kappa shape index (κ2) is 10.5. The van der Waals surface area contributed by atoms with Crippen LogP contribution in [-0.4, -0.2) is 38.9 Å². The lowest BCUT2D eigenvalue weighted by Crippen LogP contribution is -2.51. The van der Waals surface area contributed by atoms with E-state index in [1.165, 1.54) is 18.6 Å². The quantitative estimate of drug-likeness (QED) is 0.588. The van der Waals surface area contributed by atoms with Gasteiger partial charge in [0.2, 0.25) is 21.8 Å². The van der Waals surface area contributed by atoms with Gasteiger partial charge in [0.1, 0.15) is 6.04 Å². The molecule has 0 saturated carbocycles. The van der Waals surface area contributed by atoms with Gasteiger partial charge in [-0.1, -0.05) is 44.2 Å². The summed E-state index contributed by atoms with van der Waals surface area (Å²) in [6, 6.07) is 13.8. The van der Waals surface area contributed by atoms with E-state index in [2.05, 4.69) is 10.0 Å². The molecule has 7 nitrogen and oxygen atoms in total. The molecule has 2 aromatic carbocycles. The fourth-order valence-electron chi connectivity index (χ4n) is 4.03. The average molecular weight is 472 g/mol. The van der Waals surface area contributed by atoms with E-state index in [4.69, 9.17) is 0 Å². The summed E-state index contributed by atoms with van der Waals surface area (Å²) in [6.45, 7) is 7.59. The van der Waals surface area contributed by atoms with Gasteiger partial charge in [0.25, 0.3) is 0 Å². The Labute approximate surface area is 196 Å². The number of nitrogens with one attached hydrogen (secondary N) is 2. The van der Waals surface area contributed by atoms with Crippen LogP contribution in [-0.2, 0) is 32.5 Å². The van der Waals surface area contributed by atoms with E-state index in [0.717, 1.165) is 24.1 Å². The van der Waals surface area contributed by atoms with Crippen LogP contribution in [0.25, 0.3) is 0 Å². The number of hydrogen-bond donors (Lipinski definition) is 2. The van der Waals surface area contributed by atoms with Crippen LogP contribution in [0.1, 0.15) is 45.2 Å². The maximum Gasteiger partial charge on any atom is 0.241 e. The first-order valence-corrected chi connectivity index (χ1v) is 12.8. The van der Waals surface area contributed by atoms with Crippen molar-refractivity contribution in [1.82, 2.24) is 10.0 Å². The third-order valence-corrected chi connectivity index (χ3v) is 7.40. The summed E-state index contributed by atoms with van der Waals surface area (Å²) in [5.74, 6) is -0.637. The Bertz CT molecular complexity index is 1100. The number of nitrogens with zero attached hydrogens (tertiary/aromatic N) is 1. The predicted molar refractivity (Wildman–Crippen MR) is 129 cm³/mol. The van der Waals surface area contributed by atoms with E-state index in [-0.39, 0.29) is 28.7 Å². The molecule has 3 rings (SSSR count). The second-order valence-corrected chi connectivity index (χ2v) is 10.7. The second-order valence-electron chi connectivity index (χ2n) is 8.99. The average Bonchev–Trinajstić information content (AvgIpc) is 3.20. The summed E-state index contributed by atoms with van der Waals surface area (Å²) in [5, 5.41) is 2.96. The SMILES string of the molecule is CC(=O)N1CCc2cc(S(=O)(=O)N[C@@H](C(=O)N[C@H](C)CCc3ccccc3)C(C)C)ccc21. The van der Waals surface area contributed by atoms with Crippen LogP contribution in [0.4, 0.5) is 5.69 Å². The zero-order valence-electron chi connectivity index (χ0n) is 19.7. The monoisotopic (exact) mass is 471 g/mol. The number of sulfonamides is 1. The highest BCUT2D eigenvalue weighted by molar-refractivity contribution is 7.89. The number of anilines is 1. The smallest absolute Gasteiger partial charge is 0.241 e. The molecular formula is C25H33N3O4S. The normalized spacial score (nSPS) is 15.2. The Morgan fingerprint density at radius 3 is 2.39 bits per heavy atom. The highest BCUT2D eigenvalue weighted by atomic mass is 32.2. The Morgan fingerprint density at radius 1 is 1.06 bits per heavy atom. The third kappa shape index (κ3) is 6.21. The number of amides is 2. The summed E-state index contributed by atoms with van der Waals surface area (Å²) < 4.78 is 28.8. The molecule has 8 heteroatoms. The topological polar surface area (TPSA) is 95.6 Å². The van der Waals surface area contributed by atoms with Crippen LogP contribution in [0.15, 0.2) is 53.4 Å². The molecule has 1 heterocycles. The van der Waals surface area contributed by atoms with Gasteiger partial charge in [-0.05, 0) is 61.4 Å². The van der Waals surface area contributed by atoms with Gasteiger partial charge in [-0.25, -0.2) is 8.42 Å². The Morgan fingerprint density at radius 2 is 1.76 bits per heavy atom. The minimum absolute atomic E-state index is 0.0691. The maximum atomic E-state index is 13.1. The molecule has 2 aromatic rings. The molecule has 33 heavy (non-hydrogen) atoms. The maximum absolute atomic E-state index is 13.1. The summed E-state index contributed by atoms with van der Waals surface area (Å²) in [7, 11) is -3.91. The summed E-state index contributed by atoms with van der Waals surface area (Å²) in [6.07, 6.45) is 2.18. The highest BCUT2D eigenvalue weighted by Crippen LogP contribution is 2.30. The minimum Gasteiger partial charge on any atom is -0.352 e. The molecule has 0 unspecified atom stereocenters. The van der Waals surface area contributed by atoms with E-state index >= 15 is 0 Å². The van der Waals surface area contributed by atoms with E-state index in [1.54, 1.807) is 17.0 Å². The van der Waals surface area contributed by atoms with Crippen molar-refractivity contribution in [3.63, 3.8) is 0 Å². The molecule has 0 saturated heterocycles. The van der Waals surface area contributed by atoms with Gasteiger partial charge in [0, 0.05) is 25.2 Å². The van der Waals surface area contributed by atoms with E-state index in [0.29, 0.717) is 13.0 Å². The van der Waals surface area contributed by atoms with Crippen molar-refractivity contribution in [3.8, 4) is 0 Å². The van der Waals surface area contributed by atoms with Crippen molar-refractivity contribution in [2.75, 3.05) is 11.4 Å². The van der Waals surface area contributed by atoms with E-state index < -0.39 is 16.1 Å². The zero-order valence-corrected chi connectivity index (χ0v) is 20.5. The molecule has 178 valence electrons. The largest absolute Gasteiger partial charge is 0.352 e. The number of aryl methyl sites for hydroxylation is 1. The number of rotatable bonds is 9. The molecule has 2 atom stereocenters. The van der Waals surface area contributed by atoms with Gasteiger partial charge in [0.05, 0.1) is 4.90 Å². The lowest BCUT2D eigenvalue weighted by Gasteiger charge is -2.24. The molecule has 0 radical (unpaired) electrons. The van der Waals surface area contributed by atoms with Gasteiger partial charge in [-0.2, -0.15) is 4.72 Å². The first-order chi connectivity index (χ1) is 15.6. The third-order valence-electron chi connectivity index (χ3n) is 5.97. The van der Waals surface area contributed by atoms with Crippen molar-refractivity contribution < 1.29 is 18.0 Å². The molecule has 0 fully saturated rings. The number of carbonyl (C=O) groups excluding carboxylic acids is 2. The number of carbonyl (C=O) groups is 2. The molecule has 2 amide bonds. The summed E-state index contributed by atoms with van der Waals surface area (Å²) in [5.41, 5.74) is 2.75. The van der Waals surface area contributed by atoms with Crippen LogP contribution in [0.2, 0.25) is 0 Å². The van der Waals surface area contributed by atoms with Gasteiger partial charge in [0.15, 0.2) is 0 Å². The van der Waals surface area contributed by atoms with Crippen molar-refractivity contribution in [2.24, 2.45) is 5.92 Å². The molecule has 1 aliphatic heterocycles. The van der Waals surface area contributed by atoms with Gasteiger partial charge in [-0.15, -0.1) is 0 Å². The van der Waals surface area contributed by atoms with Gasteiger partial charge < -0.3 is 10.2 Å². The van der Waals surface area contributed by atoms with Crippen LogP contribution in [0, 0.1) is 5.92 Å². The first-order valence-electron chi connectivity index (χ1n) is 11.4. The molecule has 2 N–H and O–H groups in total. The Kier molecular flexibility index (Phi) is 7.92. The fraction of sp³-hybridized carbons (Fsp3) is 0.440. The van der Waals surface area contributed by atoms with Gasteiger partial charge >= 0.3 is 0 Å². The Balaban J connectivity index is 1.67. The van der Waals surface area contributed by atoms with Crippen molar-refractivity contribution in [2.45, 2.75) is 63.9 Å². The van der Waals surface area contributed by atoms with Crippen LogP contribution in [0.5, 0.6) is 0 Å². The minimum atomic E-state index is -3.91. The number of benzene rings is 2. The lowest BCUT2D eigenvalue weighted by molar-refractivity contribution is -0.124. The standard InChI is InChI=1S/C25H33N3O4S/c1-17(2)24(25(30)26-18(3)10-11-20-8-6-5-7-9-20)27-33(31,32)22-12-13-23-21(16-22)14-15-28(23)19(4)29/h5-9,12-13,16-18,24,27H,10-11,14-15H2,1-4H3,(H,26,30)/t18-,24-/m1/s1. The molecule has 0 spiro atoms. The lowest BCUT2D eigenvalue weighted by atomic mass is 10.0. The van der Waals surface area contributed by atoms with E-state index in [1.807, 2.05) is 51.1 Å². The number of hydrogen-bond acceptors (Lipinski definition) is 4. The molecule has 1 aliphatic rings. The van der Waals surface area contributed by atoms with E-state index in [9.17, 15) is 18.0 Å². The summed E-state index contributed by atoms with van der Waals surface area (Å²) in [4.78, 5) is 26.4. The highest BCUT2D eigenvalue weighted by Gasteiger charge is 2.30. The van der Waals surface area contributed by atoms with Crippen LogP contribution >= 0.6 is 0 Å². The number of fused-ring (bicyclic) bond motifs is 1. The Hall–Kier alpha value is -2.71. The summed E-state index contributed by atoms with van der Waals surface area (Å²) >= 11 is 0. The van der Waals surface area contributed by atoms with Crippen molar-refractivity contribution in [1.29, 1.82) is 0 Å². The molecular weight excluding hydrogens is 438 g/mol. The van der Waals surface area contributed by atoms with Crippen LogP contribution in [0.3, 0.4) is 0 Å². The predicted octanol–water partition coefficient (Wildman–Crippen LogP) is 3.04. The van der Waals surface area contributed by atoms with Crippen molar-refractivity contribution >= 4 is 27.5 Å². The first kappa shape index (κ1) is 24.9. The fourth-order valence-corrected chi connectivity index (χ4v) is 5.43.